The molecular formula is C16H20N6O. The SMILES string of the molecule is CN=C(N)c1cnc(NC(=O)NC(C)c2ccccc2)cc1N. The number of nitrogens with two attached hydrogens (primary N) is 2. The molecule has 0 saturated carbocycles. The summed E-state index contributed by atoms with van der Waals surface area (Å²) in [6, 6.07) is 10.7. The Bertz CT molecular complexity index is 714. The number of nitrogens with zero attached hydrogens (tertiary/aromatic N) is 2. The number of aromatic nitrogens is 1. The van der Waals surface area contributed by atoms with Crippen LogP contribution in [-0.2, 0) is 0 Å². The van der Waals surface area contributed by atoms with Crippen molar-refractivity contribution in [1.29, 1.82) is 0 Å². The molecule has 7 nitrogen and oxygen atoms in total. The van der Waals surface area contributed by atoms with Crippen molar-refractivity contribution in [2.24, 2.45) is 10.7 Å². The molecule has 0 bridgehead atoms. The molecule has 0 aliphatic heterocycles. The lowest BCUT2D eigenvalue weighted by atomic mass is 10.1. The highest BCUT2D eigenvalue weighted by Crippen LogP contribution is 2.15. The lowest BCUT2D eigenvalue weighted by Gasteiger charge is -2.15. The summed E-state index contributed by atoms with van der Waals surface area (Å²) < 4.78 is 0. The number of amides is 2. The van der Waals surface area contributed by atoms with Crippen LogP contribution in [0.4, 0.5) is 16.3 Å². The molecule has 0 saturated heterocycles. The molecule has 2 amide bonds. The number of nitrogen functional groups attached to an aromatic ring is 1. The molecule has 0 radical (unpaired) electrons. The van der Waals surface area contributed by atoms with Crippen LogP contribution in [0.5, 0.6) is 0 Å². The van der Waals surface area contributed by atoms with Crippen LogP contribution >= 0.6 is 0 Å². The molecule has 120 valence electrons. The van der Waals surface area contributed by atoms with Crippen LogP contribution < -0.4 is 22.1 Å². The fourth-order valence-electron chi connectivity index (χ4n) is 2.05. The summed E-state index contributed by atoms with van der Waals surface area (Å²) >= 11 is 0. The first-order chi connectivity index (χ1) is 11.0. The van der Waals surface area contributed by atoms with Gasteiger partial charge in [0.1, 0.15) is 11.7 Å². The predicted octanol–water partition coefficient (Wildman–Crippen LogP) is 1.88. The van der Waals surface area contributed by atoms with E-state index in [1.165, 1.54) is 6.20 Å². The zero-order chi connectivity index (χ0) is 16.8. The van der Waals surface area contributed by atoms with Gasteiger partial charge in [0, 0.05) is 25.0 Å². The third kappa shape index (κ3) is 4.19. The lowest BCUT2D eigenvalue weighted by molar-refractivity contribution is 0.249. The second-order valence-corrected chi connectivity index (χ2v) is 5.00. The average molecular weight is 312 g/mol. The summed E-state index contributed by atoms with van der Waals surface area (Å²) in [7, 11) is 1.57. The number of hydrogen-bond donors (Lipinski definition) is 4. The Kier molecular flexibility index (Phi) is 5.14. The van der Waals surface area contributed by atoms with Crippen LogP contribution in [0.15, 0.2) is 47.6 Å². The number of benzene rings is 1. The maximum absolute atomic E-state index is 12.0. The maximum atomic E-state index is 12.0. The van der Waals surface area contributed by atoms with Gasteiger partial charge in [-0.2, -0.15) is 0 Å². The molecule has 0 fully saturated rings. The Balaban J connectivity index is 2.02. The number of rotatable bonds is 4. The van der Waals surface area contributed by atoms with E-state index in [2.05, 4.69) is 20.6 Å². The quantitative estimate of drug-likeness (QED) is 0.509. The van der Waals surface area contributed by atoms with Crippen molar-refractivity contribution in [3.63, 3.8) is 0 Å². The van der Waals surface area contributed by atoms with Gasteiger partial charge in [-0.25, -0.2) is 9.78 Å². The van der Waals surface area contributed by atoms with E-state index in [-0.39, 0.29) is 12.1 Å². The minimum absolute atomic E-state index is 0.129. The molecule has 1 unspecified atom stereocenters. The van der Waals surface area contributed by atoms with Crippen LogP contribution in [0.1, 0.15) is 24.1 Å². The number of pyridine rings is 1. The standard InChI is InChI=1S/C16H20N6O/c1-10(11-6-4-3-5-7-11)21-16(23)22-14-8-13(17)12(9-20-14)15(18)19-2/h3-10H,1-2H3,(H2,18,19)(H4,17,20,21,22,23). The molecule has 1 aromatic heterocycles. The van der Waals surface area contributed by atoms with Crippen molar-refractivity contribution < 1.29 is 4.79 Å². The van der Waals surface area contributed by atoms with E-state index < -0.39 is 0 Å². The van der Waals surface area contributed by atoms with Gasteiger partial charge < -0.3 is 16.8 Å². The third-order valence-electron chi connectivity index (χ3n) is 3.34. The Morgan fingerprint density at radius 3 is 2.61 bits per heavy atom. The fourth-order valence-corrected chi connectivity index (χ4v) is 2.05. The highest BCUT2D eigenvalue weighted by molar-refractivity contribution is 6.02. The maximum Gasteiger partial charge on any atom is 0.320 e. The summed E-state index contributed by atoms with van der Waals surface area (Å²) in [6.07, 6.45) is 1.48. The number of urea groups is 1. The summed E-state index contributed by atoms with van der Waals surface area (Å²) in [6.45, 7) is 1.90. The number of hydrogen-bond acceptors (Lipinski definition) is 4. The average Bonchev–Trinajstić information content (AvgIpc) is 2.55. The second-order valence-electron chi connectivity index (χ2n) is 5.00. The smallest absolute Gasteiger partial charge is 0.320 e. The van der Waals surface area contributed by atoms with E-state index in [4.69, 9.17) is 11.5 Å². The molecule has 23 heavy (non-hydrogen) atoms. The van der Waals surface area contributed by atoms with Crippen LogP contribution in [0.2, 0.25) is 0 Å². The van der Waals surface area contributed by atoms with Crippen molar-refractivity contribution in [1.82, 2.24) is 10.3 Å². The molecule has 6 N–H and O–H groups in total. The third-order valence-corrected chi connectivity index (χ3v) is 3.34. The summed E-state index contributed by atoms with van der Waals surface area (Å²) in [4.78, 5) is 20.0. The molecule has 0 spiro atoms. The van der Waals surface area contributed by atoms with Crippen molar-refractivity contribution in [3.05, 3.63) is 53.7 Å². The molecule has 7 heteroatoms. The van der Waals surface area contributed by atoms with E-state index in [9.17, 15) is 4.79 Å². The van der Waals surface area contributed by atoms with E-state index in [0.29, 0.717) is 22.9 Å². The number of carbonyl (C=O) groups is 1. The topological polar surface area (TPSA) is 118 Å². The molecular weight excluding hydrogens is 292 g/mol. The first-order valence-corrected chi connectivity index (χ1v) is 7.12. The fraction of sp³-hybridized carbons (Fsp3) is 0.188. The Labute approximate surface area is 134 Å². The lowest BCUT2D eigenvalue weighted by Crippen LogP contribution is -2.31. The van der Waals surface area contributed by atoms with Crippen LogP contribution in [0.3, 0.4) is 0 Å². The first kappa shape index (κ1) is 16.3. The van der Waals surface area contributed by atoms with Gasteiger partial charge in [-0.15, -0.1) is 0 Å². The molecule has 1 aromatic carbocycles. The van der Waals surface area contributed by atoms with Crippen molar-refractivity contribution in [2.45, 2.75) is 13.0 Å². The second kappa shape index (κ2) is 7.26. The Morgan fingerprint density at radius 2 is 2.00 bits per heavy atom. The minimum atomic E-state index is -0.363. The van der Waals surface area contributed by atoms with Gasteiger partial charge >= 0.3 is 6.03 Å². The van der Waals surface area contributed by atoms with E-state index in [1.54, 1.807) is 13.1 Å². The van der Waals surface area contributed by atoms with Crippen molar-refractivity contribution in [3.8, 4) is 0 Å². The van der Waals surface area contributed by atoms with Gasteiger partial charge in [0.05, 0.1) is 11.6 Å². The van der Waals surface area contributed by atoms with Gasteiger partial charge in [-0.3, -0.25) is 10.3 Å². The number of anilines is 2. The van der Waals surface area contributed by atoms with Gasteiger partial charge in [-0.05, 0) is 12.5 Å². The van der Waals surface area contributed by atoms with Gasteiger partial charge in [0.15, 0.2) is 0 Å². The summed E-state index contributed by atoms with van der Waals surface area (Å²) in [5.41, 5.74) is 13.5. The number of carbonyl (C=O) groups excluding carboxylic acids is 1. The Hall–Kier alpha value is -3.09. The normalized spacial score (nSPS) is 12.5. The molecule has 1 heterocycles. The summed E-state index contributed by atoms with van der Waals surface area (Å²) in [5.74, 6) is 0.636. The molecule has 0 aliphatic carbocycles. The molecule has 2 rings (SSSR count). The van der Waals surface area contributed by atoms with Gasteiger partial charge in [-0.1, -0.05) is 30.3 Å². The Morgan fingerprint density at radius 1 is 1.30 bits per heavy atom. The van der Waals surface area contributed by atoms with Crippen LogP contribution in [0.25, 0.3) is 0 Å². The van der Waals surface area contributed by atoms with E-state index in [0.717, 1.165) is 5.56 Å². The zero-order valence-corrected chi connectivity index (χ0v) is 13.1. The van der Waals surface area contributed by atoms with E-state index in [1.807, 2.05) is 37.3 Å². The predicted molar refractivity (Wildman–Crippen MR) is 92.3 cm³/mol. The van der Waals surface area contributed by atoms with Crippen LogP contribution in [-0.4, -0.2) is 23.9 Å². The first-order valence-electron chi connectivity index (χ1n) is 7.12. The van der Waals surface area contributed by atoms with Crippen molar-refractivity contribution >= 4 is 23.4 Å². The highest BCUT2D eigenvalue weighted by atomic mass is 16.2. The zero-order valence-electron chi connectivity index (χ0n) is 13.1. The van der Waals surface area contributed by atoms with Crippen LogP contribution in [0, 0.1) is 0 Å². The van der Waals surface area contributed by atoms with Gasteiger partial charge in [0.2, 0.25) is 0 Å². The van der Waals surface area contributed by atoms with Crippen molar-refractivity contribution in [2.75, 3.05) is 18.1 Å². The van der Waals surface area contributed by atoms with Gasteiger partial charge in [0.25, 0.3) is 0 Å². The number of aliphatic imine (C=N–C) groups is 1. The number of nitrogens with one attached hydrogen (secondary N) is 2. The van der Waals surface area contributed by atoms with E-state index >= 15 is 0 Å². The minimum Gasteiger partial charge on any atom is -0.398 e. The summed E-state index contributed by atoms with van der Waals surface area (Å²) in [5, 5.41) is 5.48. The number of amidine groups is 1. The largest absolute Gasteiger partial charge is 0.398 e. The molecule has 2 aromatic rings. The molecule has 1 atom stereocenters. The molecule has 0 aliphatic rings. The highest BCUT2D eigenvalue weighted by Gasteiger charge is 2.11. The monoisotopic (exact) mass is 312 g/mol.